The lowest BCUT2D eigenvalue weighted by Gasteiger charge is -2.08. The lowest BCUT2D eigenvalue weighted by Crippen LogP contribution is -2.27. The Bertz CT molecular complexity index is 977. The average molecular weight is 384 g/mol. The maximum atomic E-state index is 12.4. The van der Waals surface area contributed by atoms with Crippen LogP contribution in [0, 0.1) is 13.8 Å². The number of carbonyl (C=O) groups is 2. The summed E-state index contributed by atoms with van der Waals surface area (Å²) in [6, 6.07) is 8.58. The van der Waals surface area contributed by atoms with Gasteiger partial charge in [-0.3, -0.25) is 4.79 Å². The molecule has 3 rings (SSSR count). The molecule has 27 heavy (non-hydrogen) atoms. The Kier molecular flexibility index (Phi) is 5.66. The Morgan fingerprint density at radius 3 is 2.63 bits per heavy atom. The molecule has 2 aromatic heterocycles. The summed E-state index contributed by atoms with van der Waals surface area (Å²) >= 11 is 1.51. The van der Waals surface area contributed by atoms with Gasteiger partial charge in [-0.05, 0) is 32.0 Å². The lowest BCUT2D eigenvalue weighted by atomic mass is 10.1. The molecule has 140 valence electrons. The van der Waals surface area contributed by atoms with Gasteiger partial charge in [0.2, 0.25) is 5.13 Å². The number of carbonyl (C=O) groups excluding carboxylic acids is 2. The minimum atomic E-state index is -0.533. The van der Waals surface area contributed by atoms with E-state index < -0.39 is 5.97 Å². The zero-order valence-electron chi connectivity index (χ0n) is 15.4. The summed E-state index contributed by atoms with van der Waals surface area (Å²) in [7, 11) is 1.29. The van der Waals surface area contributed by atoms with Crippen molar-refractivity contribution in [3.63, 3.8) is 0 Å². The number of methoxy groups -OCH3 is 1. The monoisotopic (exact) mass is 384 g/mol. The molecule has 3 aromatic rings. The van der Waals surface area contributed by atoms with Gasteiger partial charge in [-0.25, -0.2) is 14.5 Å². The molecule has 0 spiro atoms. The topological polar surface area (TPSA) is 86.1 Å². The highest BCUT2D eigenvalue weighted by Crippen LogP contribution is 2.17. The van der Waals surface area contributed by atoms with E-state index in [2.05, 4.69) is 15.4 Å². The molecule has 0 aliphatic carbocycles. The first-order chi connectivity index (χ1) is 13.0. The molecule has 0 atom stereocenters. The maximum Gasteiger partial charge on any atom is 0.338 e. The summed E-state index contributed by atoms with van der Waals surface area (Å²) in [5.74, 6) is -0.847. The molecule has 2 heterocycles. The van der Waals surface area contributed by atoms with E-state index in [9.17, 15) is 9.59 Å². The standard InChI is InChI=1S/C19H20N4O3S/c1-12-10-13(2)23(22-12)19-21-14(11-27-19)8-9-20-17(24)15-6-4-5-7-16(15)18(25)26-3/h4-7,10-11H,8-9H2,1-3H3,(H,20,24). The van der Waals surface area contributed by atoms with Crippen LogP contribution in [0.4, 0.5) is 0 Å². The number of aryl methyl sites for hydroxylation is 2. The van der Waals surface area contributed by atoms with Crippen molar-refractivity contribution >= 4 is 23.2 Å². The molecular weight excluding hydrogens is 364 g/mol. The van der Waals surface area contributed by atoms with Gasteiger partial charge in [-0.15, -0.1) is 11.3 Å². The van der Waals surface area contributed by atoms with Crippen LogP contribution in [-0.4, -0.2) is 40.3 Å². The predicted molar refractivity (Wildman–Crippen MR) is 103 cm³/mol. The maximum absolute atomic E-state index is 12.4. The van der Waals surface area contributed by atoms with E-state index in [0.717, 1.165) is 22.2 Å². The van der Waals surface area contributed by atoms with Crippen LogP contribution in [0.3, 0.4) is 0 Å². The Morgan fingerprint density at radius 1 is 1.22 bits per heavy atom. The molecule has 1 aromatic carbocycles. The number of hydrogen-bond acceptors (Lipinski definition) is 6. The zero-order valence-corrected chi connectivity index (χ0v) is 16.2. The van der Waals surface area contributed by atoms with Crippen molar-refractivity contribution in [2.75, 3.05) is 13.7 Å². The third-order valence-electron chi connectivity index (χ3n) is 3.97. The van der Waals surface area contributed by atoms with Crippen molar-refractivity contribution in [2.45, 2.75) is 20.3 Å². The summed E-state index contributed by atoms with van der Waals surface area (Å²) in [6.07, 6.45) is 0.585. The van der Waals surface area contributed by atoms with Crippen LogP contribution in [0.1, 0.15) is 37.8 Å². The molecule has 0 aliphatic heterocycles. The van der Waals surface area contributed by atoms with Gasteiger partial charge in [0.05, 0.1) is 29.6 Å². The number of aromatic nitrogens is 3. The highest BCUT2D eigenvalue weighted by atomic mass is 32.1. The Morgan fingerprint density at radius 2 is 1.96 bits per heavy atom. The first-order valence-electron chi connectivity index (χ1n) is 8.43. The number of rotatable bonds is 6. The van der Waals surface area contributed by atoms with Gasteiger partial charge in [0, 0.05) is 24.0 Å². The third kappa shape index (κ3) is 4.22. The van der Waals surface area contributed by atoms with E-state index in [1.807, 2.05) is 30.0 Å². The van der Waals surface area contributed by atoms with Gasteiger partial charge in [-0.2, -0.15) is 5.10 Å². The van der Waals surface area contributed by atoms with Crippen molar-refractivity contribution in [3.05, 3.63) is 63.9 Å². The Hall–Kier alpha value is -3.00. The number of benzene rings is 1. The lowest BCUT2D eigenvalue weighted by molar-refractivity contribution is 0.0596. The smallest absolute Gasteiger partial charge is 0.338 e. The molecule has 0 saturated heterocycles. The molecule has 1 amide bonds. The van der Waals surface area contributed by atoms with Gasteiger partial charge in [0.15, 0.2) is 0 Å². The molecule has 0 aliphatic rings. The number of nitrogens with zero attached hydrogens (tertiary/aromatic N) is 3. The Balaban J connectivity index is 1.62. The second-order valence-electron chi connectivity index (χ2n) is 6.00. The summed E-state index contributed by atoms with van der Waals surface area (Å²) < 4.78 is 6.54. The number of nitrogens with one attached hydrogen (secondary N) is 1. The fourth-order valence-electron chi connectivity index (χ4n) is 2.70. The van der Waals surface area contributed by atoms with Crippen LogP contribution >= 0.6 is 11.3 Å². The molecule has 0 saturated carbocycles. The second kappa shape index (κ2) is 8.13. The highest BCUT2D eigenvalue weighted by molar-refractivity contribution is 7.12. The molecule has 7 nitrogen and oxygen atoms in total. The minimum absolute atomic E-state index is 0.248. The third-order valence-corrected chi connectivity index (χ3v) is 4.84. The second-order valence-corrected chi connectivity index (χ2v) is 6.84. The first kappa shape index (κ1) is 18.8. The van der Waals surface area contributed by atoms with Gasteiger partial charge >= 0.3 is 5.97 Å². The van der Waals surface area contributed by atoms with Crippen LogP contribution in [0.5, 0.6) is 0 Å². The fraction of sp³-hybridized carbons (Fsp3) is 0.263. The van der Waals surface area contributed by atoms with Gasteiger partial charge in [-0.1, -0.05) is 12.1 Å². The number of amides is 1. The van der Waals surface area contributed by atoms with E-state index in [4.69, 9.17) is 4.74 Å². The molecule has 1 N–H and O–H groups in total. The van der Waals surface area contributed by atoms with E-state index >= 15 is 0 Å². The van der Waals surface area contributed by atoms with Crippen molar-refractivity contribution in [3.8, 4) is 5.13 Å². The molecule has 0 fully saturated rings. The number of thiazole rings is 1. The molecule has 0 radical (unpaired) electrons. The molecular formula is C19H20N4O3S. The largest absolute Gasteiger partial charge is 0.465 e. The normalized spacial score (nSPS) is 10.6. The summed E-state index contributed by atoms with van der Waals surface area (Å²) in [6.45, 7) is 4.34. The summed E-state index contributed by atoms with van der Waals surface area (Å²) in [4.78, 5) is 28.8. The SMILES string of the molecule is COC(=O)c1ccccc1C(=O)NCCc1csc(-n2nc(C)cc2C)n1. The van der Waals surface area contributed by atoms with Crippen molar-refractivity contribution in [2.24, 2.45) is 0 Å². The predicted octanol–water partition coefficient (Wildman–Crippen LogP) is 2.70. The van der Waals surface area contributed by atoms with Gasteiger partial charge < -0.3 is 10.1 Å². The number of ether oxygens (including phenoxy) is 1. The number of esters is 1. The van der Waals surface area contributed by atoms with Crippen LogP contribution < -0.4 is 5.32 Å². The van der Waals surface area contributed by atoms with Crippen LogP contribution in [0.25, 0.3) is 5.13 Å². The van der Waals surface area contributed by atoms with Crippen molar-refractivity contribution in [1.82, 2.24) is 20.1 Å². The van der Waals surface area contributed by atoms with E-state index in [1.54, 1.807) is 24.3 Å². The van der Waals surface area contributed by atoms with Crippen LogP contribution in [0.15, 0.2) is 35.7 Å². The number of hydrogen-bond donors (Lipinski definition) is 1. The first-order valence-corrected chi connectivity index (χ1v) is 9.31. The molecule has 0 unspecified atom stereocenters. The van der Waals surface area contributed by atoms with Crippen molar-refractivity contribution in [1.29, 1.82) is 0 Å². The Labute approximate surface area is 161 Å². The average Bonchev–Trinajstić information content (AvgIpc) is 3.26. The van der Waals surface area contributed by atoms with Gasteiger partial charge in [0.1, 0.15) is 0 Å². The summed E-state index contributed by atoms with van der Waals surface area (Å²) in [5.41, 5.74) is 3.40. The van der Waals surface area contributed by atoms with Gasteiger partial charge in [0.25, 0.3) is 5.91 Å². The highest BCUT2D eigenvalue weighted by Gasteiger charge is 2.16. The van der Waals surface area contributed by atoms with E-state index in [-0.39, 0.29) is 11.5 Å². The van der Waals surface area contributed by atoms with Crippen molar-refractivity contribution < 1.29 is 14.3 Å². The summed E-state index contributed by atoms with van der Waals surface area (Å²) in [5, 5.41) is 10.0. The quantitative estimate of drug-likeness (QED) is 0.661. The van der Waals surface area contributed by atoms with E-state index in [1.165, 1.54) is 18.4 Å². The van der Waals surface area contributed by atoms with Crippen LogP contribution in [0.2, 0.25) is 0 Å². The van der Waals surface area contributed by atoms with E-state index in [0.29, 0.717) is 18.5 Å². The molecule has 8 heteroatoms. The molecule has 0 bridgehead atoms. The fourth-order valence-corrected chi connectivity index (χ4v) is 3.57. The zero-order chi connectivity index (χ0) is 19.4. The minimum Gasteiger partial charge on any atom is -0.465 e. The van der Waals surface area contributed by atoms with Crippen LogP contribution in [-0.2, 0) is 11.2 Å².